The van der Waals surface area contributed by atoms with Crippen molar-refractivity contribution in [1.82, 2.24) is 14.9 Å². The first-order valence-electron chi connectivity index (χ1n) is 16.4. The van der Waals surface area contributed by atoms with Gasteiger partial charge < -0.3 is 29.8 Å². The molecule has 0 spiro atoms. The molecule has 3 aromatic carbocycles. The van der Waals surface area contributed by atoms with Crippen LogP contribution in [0.25, 0.3) is 28.5 Å². The van der Waals surface area contributed by atoms with Crippen LogP contribution in [0.15, 0.2) is 66.7 Å². The number of carboxylic acid groups (broad SMARTS) is 1. The number of imidazole rings is 1. The van der Waals surface area contributed by atoms with Gasteiger partial charge in [-0.1, -0.05) is 50.8 Å². The van der Waals surface area contributed by atoms with Gasteiger partial charge in [-0.05, 0) is 85.7 Å². The Kier molecular flexibility index (Phi) is 8.17. The topological polar surface area (TPSA) is 132 Å². The number of nitrogens with zero attached hydrogens (tertiary/aromatic N) is 2. The zero-order chi connectivity index (χ0) is 32.5. The minimum atomic E-state index is -1.04. The van der Waals surface area contributed by atoms with Crippen molar-refractivity contribution in [1.29, 1.82) is 0 Å². The van der Waals surface area contributed by atoms with Crippen LogP contribution in [0.3, 0.4) is 0 Å². The second-order valence-corrected chi connectivity index (χ2v) is 12.9. The Balaban J connectivity index is 1.18. The minimum absolute atomic E-state index is 0.168. The number of carboxylic acids is 1. The van der Waals surface area contributed by atoms with E-state index in [0.29, 0.717) is 52.6 Å². The second kappa shape index (κ2) is 12.6. The Hall–Kier alpha value is -5.12. The third-order valence-electron chi connectivity index (χ3n) is 9.82. The number of amides is 2. The molecule has 2 heterocycles. The molecular weight excluding hydrogens is 596 g/mol. The first-order valence-corrected chi connectivity index (χ1v) is 16.4. The van der Waals surface area contributed by atoms with E-state index in [1.165, 1.54) is 12.5 Å². The van der Waals surface area contributed by atoms with Gasteiger partial charge in [-0.2, -0.15) is 0 Å². The fraction of sp³-hybridized carbons (Fsp3) is 0.351. The van der Waals surface area contributed by atoms with Crippen LogP contribution in [0.5, 0.6) is 11.5 Å². The number of hydrogen-bond acceptors (Lipinski definition) is 6. The van der Waals surface area contributed by atoms with Crippen molar-refractivity contribution < 1.29 is 29.0 Å². The lowest BCUT2D eigenvalue weighted by atomic mass is 9.85. The van der Waals surface area contributed by atoms with Crippen molar-refractivity contribution in [3.63, 3.8) is 0 Å². The van der Waals surface area contributed by atoms with Gasteiger partial charge in [0, 0.05) is 23.4 Å². The van der Waals surface area contributed by atoms with Crippen LogP contribution in [-0.2, 0) is 9.59 Å². The Labute approximate surface area is 272 Å². The minimum Gasteiger partial charge on any atom is -0.478 e. The lowest BCUT2D eigenvalue weighted by molar-refractivity contribution is -0.131. The van der Waals surface area contributed by atoms with Crippen molar-refractivity contribution in [2.45, 2.75) is 69.9 Å². The molecule has 242 valence electrons. The molecule has 4 aromatic rings. The molecule has 0 bridgehead atoms. The standard InChI is InChI=1S/C37H38N4O6/c1-23-7-2-3-9-29(23)41-30-17-14-25(21-28(30)39-34(41)27-8-6-10-31-33(27)47-22-46-31)35(44)40-37(19-4-5-20-37)36(45)38-26-15-11-24(12-16-26)13-18-32(42)43/h6,8,10-18,21,23,29H,2-5,7,9,19-20,22H2,1H3,(H,38,45)(H,40,44)(H,42,43)/b18-13+/t23-,29-/m1/s1. The van der Waals surface area contributed by atoms with Gasteiger partial charge in [0.05, 0.1) is 16.6 Å². The highest BCUT2D eigenvalue weighted by Gasteiger charge is 2.43. The van der Waals surface area contributed by atoms with Crippen molar-refractivity contribution in [2.24, 2.45) is 5.92 Å². The van der Waals surface area contributed by atoms with Crippen LogP contribution in [0.1, 0.15) is 80.3 Å². The number of fused-ring (bicyclic) bond motifs is 2. The maximum Gasteiger partial charge on any atom is 0.328 e. The van der Waals surface area contributed by atoms with E-state index in [1.54, 1.807) is 24.3 Å². The quantitative estimate of drug-likeness (QED) is 0.179. The Morgan fingerprint density at radius 2 is 1.77 bits per heavy atom. The van der Waals surface area contributed by atoms with Crippen LogP contribution in [0, 0.1) is 5.92 Å². The summed E-state index contributed by atoms with van der Waals surface area (Å²) in [5.74, 6) is 1.03. The van der Waals surface area contributed by atoms with Gasteiger partial charge in [0.1, 0.15) is 11.4 Å². The van der Waals surface area contributed by atoms with Gasteiger partial charge in [0.15, 0.2) is 11.5 Å². The molecule has 1 aromatic heterocycles. The number of nitrogens with one attached hydrogen (secondary N) is 2. The summed E-state index contributed by atoms with van der Waals surface area (Å²) in [7, 11) is 0. The highest BCUT2D eigenvalue weighted by molar-refractivity contribution is 6.05. The van der Waals surface area contributed by atoms with Gasteiger partial charge in [-0.3, -0.25) is 9.59 Å². The van der Waals surface area contributed by atoms with E-state index in [0.717, 1.165) is 55.1 Å². The van der Waals surface area contributed by atoms with Crippen LogP contribution in [0.4, 0.5) is 5.69 Å². The zero-order valence-corrected chi connectivity index (χ0v) is 26.3. The Morgan fingerprint density at radius 3 is 2.53 bits per heavy atom. The molecule has 2 atom stereocenters. The summed E-state index contributed by atoms with van der Waals surface area (Å²) in [6.07, 6.45) is 9.83. The summed E-state index contributed by atoms with van der Waals surface area (Å²) in [6, 6.07) is 18.6. The molecule has 3 aliphatic rings. The molecule has 2 aliphatic carbocycles. The molecule has 3 N–H and O–H groups in total. The smallest absolute Gasteiger partial charge is 0.328 e. The van der Waals surface area contributed by atoms with Gasteiger partial charge in [-0.25, -0.2) is 9.78 Å². The average molecular weight is 635 g/mol. The Morgan fingerprint density at radius 1 is 0.979 bits per heavy atom. The number of hydrogen-bond donors (Lipinski definition) is 3. The third-order valence-corrected chi connectivity index (χ3v) is 9.82. The number of benzene rings is 3. The van der Waals surface area contributed by atoms with E-state index in [4.69, 9.17) is 19.6 Å². The number of anilines is 1. The molecule has 7 rings (SSSR count). The maximum atomic E-state index is 13.8. The van der Waals surface area contributed by atoms with E-state index in [1.807, 2.05) is 36.4 Å². The fourth-order valence-electron chi connectivity index (χ4n) is 7.32. The summed E-state index contributed by atoms with van der Waals surface area (Å²) < 4.78 is 13.9. The highest BCUT2D eigenvalue weighted by Crippen LogP contribution is 2.45. The molecule has 2 fully saturated rings. The second-order valence-electron chi connectivity index (χ2n) is 12.9. The van der Waals surface area contributed by atoms with Crippen LogP contribution >= 0.6 is 0 Å². The normalized spacial score (nSPS) is 20.0. The van der Waals surface area contributed by atoms with E-state index >= 15 is 0 Å². The monoisotopic (exact) mass is 634 g/mol. The van der Waals surface area contributed by atoms with E-state index in [9.17, 15) is 14.4 Å². The molecule has 1 aliphatic heterocycles. The van der Waals surface area contributed by atoms with Crippen molar-refractivity contribution in [3.05, 3.63) is 77.9 Å². The number of ether oxygens (including phenoxy) is 2. The van der Waals surface area contributed by atoms with Crippen molar-refractivity contribution >= 4 is 40.6 Å². The molecule has 10 heteroatoms. The maximum absolute atomic E-state index is 13.8. The molecular formula is C37H38N4O6. The predicted molar refractivity (Wildman–Crippen MR) is 178 cm³/mol. The first kappa shape index (κ1) is 30.5. The summed E-state index contributed by atoms with van der Waals surface area (Å²) in [4.78, 5) is 43.4. The van der Waals surface area contributed by atoms with Gasteiger partial charge in [0.25, 0.3) is 5.91 Å². The van der Waals surface area contributed by atoms with Gasteiger partial charge >= 0.3 is 5.97 Å². The number of carbonyl (C=O) groups excluding carboxylic acids is 2. The van der Waals surface area contributed by atoms with E-state index < -0.39 is 11.5 Å². The molecule has 0 radical (unpaired) electrons. The molecule has 2 saturated carbocycles. The highest BCUT2D eigenvalue weighted by atomic mass is 16.7. The number of rotatable bonds is 8. The fourth-order valence-corrected chi connectivity index (χ4v) is 7.32. The van der Waals surface area contributed by atoms with Crippen LogP contribution < -0.4 is 20.1 Å². The zero-order valence-electron chi connectivity index (χ0n) is 26.3. The lowest BCUT2D eigenvalue weighted by Gasteiger charge is -2.32. The SMILES string of the molecule is C[C@@H]1CCCC[C@H]1n1c(-c2cccc3c2OCO3)nc2cc(C(=O)NC3(C(=O)Nc4ccc(/C=C/C(=O)O)cc4)CCCC3)ccc21. The molecule has 2 amide bonds. The number of aromatic nitrogens is 2. The summed E-state index contributed by atoms with van der Waals surface area (Å²) in [6.45, 7) is 2.47. The largest absolute Gasteiger partial charge is 0.478 e. The molecule has 0 saturated heterocycles. The number of carbonyl (C=O) groups is 3. The summed E-state index contributed by atoms with van der Waals surface area (Å²) in [5, 5.41) is 14.9. The third kappa shape index (κ3) is 5.95. The molecule has 47 heavy (non-hydrogen) atoms. The summed E-state index contributed by atoms with van der Waals surface area (Å²) >= 11 is 0. The predicted octanol–water partition coefficient (Wildman–Crippen LogP) is 6.96. The first-order chi connectivity index (χ1) is 22.8. The van der Waals surface area contributed by atoms with Crippen LogP contribution in [-0.4, -0.2) is 44.8 Å². The summed E-state index contributed by atoms with van der Waals surface area (Å²) in [5.41, 5.74) is 3.21. The Bertz CT molecular complexity index is 1870. The molecule has 10 nitrogen and oxygen atoms in total. The number of para-hydroxylation sites is 1. The van der Waals surface area contributed by atoms with E-state index in [2.05, 4.69) is 22.1 Å². The van der Waals surface area contributed by atoms with Gasteiger partial charge in [-0.15, -0.1) is 0 Å². The lowest BCUT2D eigenvalue weighted by Crippen LogP contribution is -2.55. The van der Waals surface area contributed by atoms with Gasteiger partial charge in [0.2, 0.25) is 12.7 Å². The molecule has 0 unspecified atom stereocenters. The van der Waals surface area contributed by atoms with Crippen molar-refractivity contribution in [2.75, 3.05) is 12.1 Å². The van der Waals surface area contributed by atoms with E-state index in [-0.39, 0.29) is 24.6 Å². The number of aliphatic carboxylic acids is 1. The van der Waals surface area contributed by atoms with Crippen LogP contribution in [0.2, 0.25) is 0 Å². The average Bonchev–Trinajstić information content (AvgIpc) is 3.83. The van der Waals surface area contributed by atoms with Crippen molar-refractivity contribution in [3.8, 4) is 22.9 Å².